The summed E-state index contributed by atoms with van der Waals surface area (Å²) in [6.45, 7) is 2.51. The molecule has 14 heteroatoms. The smallest absolute Gasteiger partial charge is 0.220 e. The van der Waals surface area contributed by atoms with E-state index in [4.69, 9.17) is 18.9 Å². The molecule has 0 aromatic carbocycles. The highest BCUT2D eigenvalue weighted by Gasteiger charge is 2.51. The maximum Gasteiger partial charge on any atom is 0.220 e. The number of carbonyl (C=O) groups excluding carboxylic acids is 1. The first kappa shape index (κ1) is 60.8. The van der Waals surface area contributed by atoms with E-state index < -0.39 is 86.8 Å². The molecule has 0 bridgehead atoms. The molecule has 0 aromatic heterocycles. The van der Waals surface area contributed by atoms with Crippen molar-refractivity contribution in [2.45, 2.75) is 203 Å². The fourth-order valence-electron chi connectivity index (χ4n) is 7.33. The van der Waals surface area contributed by atoms with Crippen LogP contribution in [0, 0.1) is 0 Å². The zero-order valence-electron chi connectivity index (χ0n) is 40.8. The van der Waals surface area contributed by atoms with Crippen LogP contribution in [0.1, 0.15) is 129 Å². The van der Waals surface area contributed by atoms with E-state index in [1.165, 1.54) is 0 Å². The predicted molar refractivity (Wildman–Crippen MR) is 267 cm³/mol. The quantitative estimate of drug-likeness (QED) is 0.0241. The lowest BCUT2D eigenvalue weighted by atomic mass is 9.97. The van der Waals surface area contributed by atoms with E-state index in [2.05, 4.69) is 116 Å². The molecule has 12 atom stereocenters. The monoisotopic (exact) mass is 958 g/mol. The van der Waals surface area contributed by atoms with E-state index >= 15 is 0 Å². The number of aliphatic hydroxyl groups is 8. The van der Waals surface area contributed by atoms with Gasteiger partial charge in [0.1, 0.15) is 48.8 Å². The van der Waals surface area contributed by atoms with Crippen molar-refractivity contribution in [3.63, 3.8) is 0 Å². The number of unbranched alkanes of at least 4 members (excludes halogenated alkanes) is 7. The Morgan fingerprint density at radius 2 is 1.03 bits per heavy atom. The first-order valence-corrected chi connectivity index (χ1v) is 25.1. The Hall–Kier alpha value is -3.35. The maximum atomic E-state index is 13.2. The van der Waals surface area contributed by atoms with Crippen molar-refractivity contribution in [3.05, 3.63) is 109 Å². The minimum absolute atomic E-state index is 0.232. The first-order chi connectivity index (χ1) is 33.1. The van der Waals surface area contributed by atoms with Gasteiger partial charge in [0.05, 0.1) is 32.0 Å². The summed E-state index contributed by atoms with van der Waals surface area (Å²) in [7, 11) is 0. The number of rotatable bonds is 36. The zero-order chi connectivity index (χ0) is 49.6. The van der Waals surface area contributed by atoms with Crippen LogP contribution in [0.2, 0.25) is 0 Å². The van der Waals surface area contributed by atoms with Crippen LogP contribution in [0.3, 0.4) is 0 Å². The first-order valence-electron chi connectivity index (χ1n) is 25.1. The Morgan fingerprint density at radius 1 is 0.544 bits per heavy atom. The van der Waals surface area contributed by atoms with Crippen LogP contribution in [-0.2, 0) is 23.7 Å². The molecule has 0 spiro atoms. The van der Waals surface area contributed by atoms with Crippen LogP contribution in [0.25, 0.3) is 0 Å². The second-order valence-electron chi connectivity index (χ2n) is 17.2. The summed E-state index contributed by atoms with van der Waals surface area (Å²) in [5.41, 5.74) is 0. The fourth-order valence-corrected chi connectivity index (χ4v) is 7.33. The predicted octanol–water partition coefficient (Wildman–Crippen LogP) is 6.54. The van der Waals surface area contributed by atoms with Crippen molar-refractivity contribution >= 4 is 5.91 Å². The van der Waals surface area contributed by atoms with Crippen LogP contribution < -0.4 is 5.32 Å². The van der Waals surface area contributed by atoms with Gasteiger partial charge in [0.25, 0.3) is 0 Å². The maximum absolute atomic E-state index is 13.2. The van der Waals surface area contributed by atoms with Gasteiger partial charge in [-0.15, -0.1) is 0 Å². The molecule has 0 aliphatic carbocycles. The Bertz CT molecular complexity index is 1550. The molecule has 9 N–H and O–H groups in total. The van der Waals surface area contributed by atoms with Crippen LogP contribution >= 0.6 is 0 Å². The third kappa shape index (κ3) is 26.0. The van der Waals surface area contributed by atoms with E-state index in [0.29, 0.717) is 12.8 Å². The third-order valence-corrected chi connectivity index (χ3v) is 11.4. The lowest BCUT2D eigenvalue weighted by Gasteiger charge is -2.46. The molecule has 2 heterocycles. The van der Waals surface area contributed by atoms with Crippen LogP contribution in [-0.4, -0.2) is 140 Å². The molecule has 0 aromatic rings. The van der Waals surface area contributed by atoms with E-state index in [-0.39, 0.29) is 18.9 Å². The zero-order valence-corrected chi connectivity index (χ0v) is 40.8. The minimum atomic E-state index is -1.80. The SMILES string of the molecule is CC/C=C\C/C=C\C/C=C\C/C=C\C/C=C\C/C=C\CCCCCCC(=O)NC(COC1OC(CO)C(OC2OC(CO)C(O)C(O)C2O)C(O)C1O)C(O)/C=C/CC/C=C/CC/C=C/CCC. The number of amides is 1. The van der Waals surface area contributed by atoms with Gasteiger partial charge in [-0.1, -0.05) is 142 Å². The Labute approximate surface area is 406 Å². The summed E-state index contributed by atoms with van der Waals surface area (Å²) in [5.74, 6) is -0.287. The summed E-state index contributed by atoms with van der Waals surface area (Å²) in [4.78, 5) is 13.2. The van der Waals surface area contributed by atoms with Gasteiger partial charge in [-0.25, -0.2) is 0 Å². The molecular weight excluding hydrogens is 871 g/mol. The topological polar surface area (TPSA) is 228 Å². The second kappa shape index (κ2) is 39.4. The number of carbonyl (C=O) groups is 1. The molecular formula is C54H87NO13. The molecule has 14 nitrogen and oxygen atoms in total. The van der Waals surface area contributed by atoms with Gasteiger partial charge in [0.2, 0.25) is 5.91 Å². The molecule has 0 saturated carbocycles. The van der Waals surface area contributed by atoms with Crippen molar-refractivity contribution in [2.75, 3.05) is 19.8 Å². The van der Waals surface area contributed by atoms with Gasteiger partial charge in [-0.3, -0.25) is 4.79 Å². The highest BCUT2D eigenvalue weighted by atomic mass is 16.7. The number of hydrogen-bond acceptors (Lipinski definition) is 13. The average molecular weight is 958 g/mol. The molecule has 2 aliphatic rings. The van der Waals surface area contributed by atoms with Crippen molar-refractivity contribution in [1.29, 1.82) is 0 Å². The Balaban J connectivity index is 1.84. The molecule has 2 saturated heterocycles. The molecule has 12 unspecified atom stereocenters. The highest BCUT2D eigenvalue weighted by Crippen LogP contribution is 2.30. The fraction of sp³-hybridized carbons (Fsp3) is 0.648. The standard InChI is InChI=1S/C54H87NO13/c1-3-5-7-9-11-13-15-16-17-18-19-20-21-22-23-24-25-26-28-30-32-34-36-38-46(59)55-42(43(58)37-35-33-31-29-27-14-12-10-8-6-4-2)41-65-53-51(64)49(62)52(45(40-57)67-53)68-54-50(63)48(61)47(60)44(39-56)66-54/h5,7-8,10-11,13,16-17,19-20,22-23,25-27,29,35,37,42-45,47-54,56-58,60-64H,3-4,6,9,12,14-15,18,21,24,28,30-34,36,38-41H2,1-2H3,(H,55,59)/b7-5-,10-8+,13-11-,17-16-,20-19-,23-22-,26-25-,29-27+,37-35+. The number of nitrogens with one attached hydrogen (secondary N) is 1. The van der Waals surface area contributed by atoms with E-state index in [1.807, 2.05) is 6.08 Å². The Kier molecular flexibility index (Phi) is 35.2. The Morgan fingerprint density at radius 3 is 1.59 bits per heavy atom. The number of allylic oxidation sites excluding steroid dienone is 17. The molecule has 2 rings (SSSR count). The number of ether oxygens (including phenoxy) is 4. The minimum Gasteiger partial charge on any atom is -0.394 e. The lowest BCUT2D eigenvalue weighted by Crippen LogP contribution is -2.65. The molecule has 386 valence electrons. The van der Waals surface area contributed by atoms with Gasteiger partial charge in [-0.05, 0) is 89.9 Å². The summed E-state index contributed by atoms with van der Waals surface area (Å²) in [6, 6.07) is -0.957. The van der Waals surface area contributed by atoms with Crippen molar-refractivity contribution in [2.24, 2.45) is 0 Å². The number of hydrogen-bond donors (Lipinski definition) is 9. The largest absolute Gasteiger partial charge is 0.394 e. The van der Waals surface area contributed by atoms with E-state index in [9.17, 15) is 45.6 Å². The van der Waals surface area contributed by atoms with E-state index in [1.54, 1.807) is 6.08 Å². The van der Waals surface area contributed by atoms with Crippen molar-refractivity contribution in [1.82, 2.24) is 5.32 Å². The molecule has 1 amide bonds. The molecule has 68 heavy (non-hydrogen) atoms. The summed E-state index contributed by atoms with van der Waals surface area (Å²) < 4.78 is 22.6. The van der Waals surface area contributed by atoms with Crippen molar-refractivity contribution in [3.8, 4) is 0 Å². The summed E-state index contributed by atoms with van der Waals surface area (Å²) in [5, 5.41) is 86.6. The molecule has 0 radical (unpaired) electrons. The summed E-state index contributed by atoms with van der Waals surface area (Å²) in [6.07, 6.45) is 37.1. The van der Waals surface area contributed by atoms with Gasteiger partial charge in [0, 0.05) is 6.42 Å². The lowest BCUT2D eigenvalue weighted by molar-refractivity contribution is -0.359. The molecule has 2 fully saturated rings. The van der Waals surface area contributed by atoms with Gasteiger partial charge in [0.15, 0.2) is 12.6 Å². The van der Waals surface area contributed by atoms with Gasteiger partial charge >= 0.3 is 0 Å². The van der Waals surface area contributed by atoms with Crippen LogP contribution in [0.15, 0.2) is 109 Å². The number of aliphatic hydroxyl groups excluding tert-OH is 8. The van der Waals surface area contributed by atoms with Crippen LogP contribution in [0.5, 0.6) is 0 Å². The van der Waals surface area contributed by atoms with Crippen molar-refractivity contribution < 1.29 is 64.6 Å². The average Bonchev–Trinajstić information content (AvgIpc) is 3.34. The van der Waals surface area contributed by atoms with Gasteiger partial charge < -0.3 is 65.1 Å². The third-order valence-electron chi connectivity index (χ3n) is 11.4. The molecule has 2 aliphatic heterocycles. The van der Waals surface area contributed by atoms with Crippen LogP contribution in [0.4, 0.5) is 0 Å². The highest BCUT2D eigenvalue weighted by molar-refractivity contribution is 5.76. The second-order valence-corrected chi connectivity index (χ2v) is 17.2. The normalized spacial score (nSPS) is 27.3. The van der Waals surface area contributed by atoms with Gasteiger partial charge in [-0.2, -0.15) is 0 Å². The van der Waals surface area contributed by atoms with E-state index in [0.717, 1.165) is 96.3 Å². The summed E-state index contributed by atoms with van der Waals surface area (Å²) >= 11 is 0.